The number of ether oxygens (including phenoxy) is 2. The number of carbonyl (C=O) groups excluding carboxylic acids is 1. The van der Waals surface area contributed by atoms with E-state index < -0.39 is 0 Å². The van der Waals surface area contributed by atoms with Crippen LogP contribution in [0.3, 0.4) is 0 Å². The van der Waals surface area contributed by atoms with Crippen molar-refractivity contribution in [3.05, 3.63) is 71.3 Å². The van der Waals surface area contributed by atoms with Gasteiger partial charge in [-0.2, -0.15) is 0 Å². The Morgan fingerprint density at radius 1 is 0.882 bits per heavy atom. The molecule has 1 aliphatic rings. The van der Waals surface area contributed by atoms with E-state index in [9.17, 15) is 9.90 Å². The Kier molecular flexibility index (Phi) is 5.80. The number of hydrogen-bond donors (Lipinski definition) is 2. The van der Waals surface area contributed by atoms with E-state index >= 15 is 0 Å². The number of hydrogen-bond acceptors (Lipinski definition) is 5. The van der Waals surface area contributed by atoms with Crippen LogP contribution in [0.1, 0.15) is 34.3 Å². The monoisotopic (exact) mass is 454 g/mol. The third-order valence-electron chi connectivity index (χ3n) is 6.48. The van der Waals surface area contributed by atoms with Gasteiger partial charge in [-0.1, -0.05) is 0 Å². The van der Waals surface area contributed by atoms with Crippen LogP contribution in [-0.2, 0) is 12.8 Å². The van der Waals surface area contributed by atoms with E-state index in [-0.39, 0.29) is 5.75 Å². The predicted octanol–water partition coefficient (Wildman–Crippen LogP) is 5.82. The number of carbonyl (C=O) groups is 1. The SMILES string of the molecule is COc1ccc(-c2nc(-c3cc(C=O)c(O)c4c3CCCC4)[nH]c2-c2ccc(OC)cc2)cc1. The van der Waals surface area contributed by atoms with Gasteiger partial charge in [0.1, 0.15) is 23.1 Å². The lowest BCUT2D eigenvalue weighted by atomic mass is 9.85. The molecule has 2 N–H and O–H groups in total. The number of phenolic OH excluding ortho intramolecular Hbond substituents is 1. The molecule has 34 heavy (non-hydrogen) atoms. The molecule has 0 atom stereocenters. The summed E-state index contributed by atoms with van der Waals surface area (Å²) in [5.74, 6) is 2.33. The number of benzene rings is 3. The van der Waals surface area contributed by atoms with Gasteiger partial charge in [0, 0.05) is 16.7 Å². The molecule has 1 aromatic heterocycles. The van der Waals surface area contributed by atoms with Gasteiger partial charge in [0.25, 0.3) is 0 Å². The van der Waals surface area contributed by atoms with Gasteiger partial charge in [-0.25, -0.2) is 4.98 Å². The quantitative estimate of drug-likeness (QED) is 0.358. The van der Waals surface area contributed by atoms with E-state index in [2.05, 4.69) is 4.98 Å². The summed E-state index contributed by atoms with van der Waals surface area (Å²) in [4.78, 5) is 20.3. The second kappa shape index (κ2) is 9.06. The molecule has 0 saturated heterocycles. The van der Waals surface area contributed by atoms with Crippen molar-refractivity contribution in [3.8, 4) is 51.2 Å². The van der Waals surface area contributed by atoms with Crippen molar-refractivity contribution in [1.29, 1.82) is 0 Å². The van der Waals surface area contributed by atoms with Crippen molar-refractivity contribution in [3.63, 3.8) is 0 Å². The van der Waals surface area contributed by atoms with Crippen LogP contribution in [0.2, 0.25) is 0 Å². The molecule has 0 saturated carbocycles. The van der Waals surface area contributed by atoms with Crippen molar-refractivity contribution in [2.75, 3.05) is 14.2 Å². The summed E-state index contributed by atoms with van der Waals surface area (Å²) in [6.07, 6.45) is 4.35. The number of nitrogens with zero attached hydrogens (tertiary/aromatic N) is 1. The van der Waals surface area contributed by atoms with Gasteiger partial charge in [-0.3, -0.25) is 4.79 Å². The van der Waals surface area contributed by atoms with Crippen LogP contribution < -0.4 is 9.47 Å². The highest BCUT2D eigenvalue weighted by molar-refractivity contribution is 5.87. The molecule has 0 aliphatic heterocycles. The molecular weight excluding hydrogens is 428 g/mol. The minimum absolute atomic E-state index is 0.103. The average molecular weight is 455 g/mol. The van der Waals surface area contributed by atoms with E-state index in [1.807, 2.05) is 48.5 Å². The summed E-state index contributed by atoms with van der Waals surface area (Å²) in [7, 11) is 3.29. The maximum Gasteiger partial charge on any atom is 0.153 e. The molecule has 1 aliphatic carbocycles. The summed E-state index contributed by atoms with van der Waals surface area (Å²) < 4.78 is 10.6. The van der Waals surface area contributed by atoms with Gasteiger partial charge in [-0.15, -0.1) is 0 Å². The van der Waals surface area contributed by atoms with E-state index in [0.717, 1.165) is 76.4 Å². The van der Waals surface area contributed by atoms with Crippen LogP contribution in [-0.4, -0.2) is 35.6 Å². The zero-order valence-corrected chi connectivity index (χ0v) is 19.2. The molecular formula is C28H26N2O4. The lowest BCUT2D eigenvalue weighted by Gasteiger charge is -2.21. The van der Waals surface area contributed by atoms with Crippen molar-refractivity contribution in [2.24, 2.45) is 0 Å². The number of nitrogens with one attached hydrogen (secondary N) is 1. The molecule has 5 rings (SSSR count). The fourth-order valence-electron chi connectivity index (χ4n) is 4.68. The Labute approximate surface area is 198 Å². The van der Waals surface area contributed by atoms with Crippen molar-refractivity contribution < 1.29 is 19.4 Å². The van der Waals surface area contributed by atoms with Crippen LogP contribution in [0.4, 0.5) is 0 Å². The number of fused-ring (bicyclic) bond motifs is 1. The summed E-state index contributed by atoms with van der Waals surface area (Å²) >= 11 is 0. The first-order chi connectivity index (χ1) is 16.6. The highest BCUT2D eigenvalue weighted by Gasteiger charge is 2.24. The normalized spacial score (nSPS) is 12.8. The van der Waals surface area contributed by atoms with Crippen LogP contribution in [0.15, 0.2) is 54.6 Å². The van der Waals surface area contributed by atoms with Gasteiger partial charge >= 0.3 is 0 Å². The number of aromatic nitrogens is 2. The number of rotatable bonds is 6. The molecule has 172 valence electrons. The highest BCUT2D eigenvalue weighted by atomic mass is 16.5. The topological polar surface area (TPSA) is 84.4 Å². The Morgan fingerprint density at radius 3 is 2.06 bits per heavy atom. The average Bonchev–Trinajstić information content (AvgIpc) is 3.34. The second-order valence-corrected chi connectivity index (χ2v) is 8.41. The standard InChI is InChI=1S/C28H26N2O4/c1-33-20-11-7-17(8-12-20)25-26(18-9-13-21(34-2)14-10-18)30-28(29-25)24-15-19(16-31)27(32)23-6-4-3-5-22(23)24/h7-16,32H,3-6H2,1-2H3,(H,29,30). The Bertz CT molecular complexity index is 1270. The van der Waals surface area contributed by atoms with Gasteiger partial charge in [0.15, 0.2) is 6.29 Å². The molecule has 0 bridgehead atoms. The number of methoxy groups -OCH3 is 2. The predicted molar refractivity (Wildman–Crippen MR) is 132 cm³/mol. The highest BCUT2D eigenvalue weighted by Crippen LogP contribution is 2.40. The number of aromatic amines is 1. The first-order valence-corrected chi connectivity index (χ1v) is 11.3. The molecule has 0 unspecified atom stereocenters. The molecule has 6 heteroatoms. The zero-order chi connectivity index (χ0) is 23.7. The number of aldehydes is 1. The van der Waals surface area contributed by atoms with E-state index in [1.54, 1.807) is 20.3 Å². The fourth-order valence-corrected chi connectivity index (χ4v) is 4.68. The van der Waals surface area contributed by atoms with Gasteiger partial charge < -0.3 is 19.6 Å². The zero-order valence-electron chi connectivity index (χ0n) is 19.2. The van der Waals surface area contributed by atoms with E-state index in [4.69, 9.17) is 14.5 Å². The Balaban J connectivity index is 1.71. The molecule has 0 spiro atoms. The maximum atomic E-state index is 11.7. The summed E-state index contributed by atoms with van der Waals surface area (Å²) in [6.45, 7) is 0. The lowest BCUT2D eigenvalue weighted by Crippen LogP contribution is -2.07. The largest absolute Gasteiger partial charge is 0.507 e. The lowest BCUT2D eigenvalue weighted by molar-refractivity contribution is 0.112. The second-order valence-electron chi connectivity index (χ2n) is 8.41. The molecule has 0 fully saturated rings. The van der Waals surface area contributed by atoms with Gasteiger partial charge in [-0.05, 0) is 91.4 Å². The molecule has 3 aromatic carbocycles. The summed E-state index contributed by atoms with van der Waals surface area (Å²) in [6, 6.07) is 17.4. The smallest absolute Gasteiger partial charge is 0.153 e. The van der Waals surface area contributed by atoms with E-state index in [1.165, 1.54) is 0 Å². The Hall–Kier alpha value is -4.06. The maximum absolute atomic E-state index is 11.7. The third-order valence-corrected chi connectivity index (χ3v) is 6.48. The molecule has 6 nitrogen and oxygen atoms in total. The van der Waals surface area contributed by atoms with Gasteiger partial charge in [0.05, 0.1) is 31.2 Å². The fraction of sp³-hybridized carbons (Fsp3) is 0.214. The van der Waals surface area contributed by atoms with Crippen LogP contribution in [0.25, 0.3) is 33.9 Å². The summed E-state index contributed by atoms with van der Waals surface area (Å²) in [5.41, 5.74) is 6.66. The third kappa shape index (κ3) is 3.81. The molecule has 4 aromatic rings. The first-order valence-electron chi connectivity index (χ1n) is 11.3. The van der Waals surface area contributed by atoms with Crippen LogP contribution in [0.5, 0.6) is 17.2 Å². The van der Waals surface area contributed by atoms with Crippen molar-refractivity contribution >= 4 is 6.29 Å². The minimum atomic E-state index is 0.103. The molecule has 1 heterocycles. The summed E-state index contributed by atoms with van der Waals surface area (Å²) in [5, 5.41) is 10.6. The molecule has 0 radical (unpaired) electrons. The van der Waals surface area contributed by atoms with Crippen molar-refractivity contribution in [2.45, 2.75) is 25.7 Å². The van der Waals surface area contributed by atoms with Gasteiger partial charge in [0.2, 0.25) is 0 Å². The van der Waals surface area contributed by atoms with E-state index in [0.29, 0.717) is 17.7 Å². The minimum Gasteiger partial charge on any atom is -0.507 e. The first kappa shape index (κ1) is 21.8. The number of aromatic hydroxyl groups is 1. The number of imidazole rings is 1. The van der Waals surface area contributed by atoms with Crippen molar-refractivity contribution in [1.82, 2.24) is 9.97 Å². The number of H-pyrrole nitrogens is 1. The Morgan fingerprint density at radius 2 is 1.47 bits per heavy atom. The number of phenols is 1. The van der Waals surface area contributed by atoms with Crippen LogP contribution in [0, 0.1) is 0 Å². The molecule has 0 amide bonds. The van der Waals surface area contributed by atoms with Crippen LogP contribution >= 0.6 is 0 Å².